The topological polar surface area (TPSA) is 105 Å². The Morgan fingerprint density at radius 2 is 1.84 bits per heavy atom. The van der Waals surface area contributed by atoms with Crippen LogP contribution in [0.3, 0.4) is 0 Å². The Kier molecular flexibility index (Phi) is 6.40. The summed E-state index contributed by atoms with van der Waals surface area (Å²) in [5.74, 6) is 0. The Balaban J connectivity index is 1.45. The van der Waals surface area contributed by atoms with Crippen LogP contribution in [0.2, 0.25) is 0 Å². The number of nitro groups is 1. The van der Waals surface area contributed by atoms with E-state index >= 15 is 0 Å². The standard InChI is InChI=1S/C21H26N4O5S/c26-25(27)21-9-8-17(15-20(21)22-16-18-5-4-14-30-18)23-10-12-24(13-11-23)31(28,29)19-6-2-1-3-7-19/h1-3,6-9,15,18,22H,4-5,10-14,16H2/t18-/m0/s1. The molecule has 4 rings (SSSR count). The second-order valence-corrected chi connectivity index (χ2v) is 9.62. The van der Waals surface area contributed by atoms with Crippen molar-refractivity contribution in [2.24, 2.45) is 0 Å². The molecule has 1 N–H and O–H groups in total. The molecule has 9 nitrogen and oxygen atoms in total. The molecule has 0 spiro atoms. The summed E-state index contributed by atoms with van der Waals surface area (Å²) in [6, 6.07) is 13.4. The zero-order valence-electron chi connectivity index (χ0n) is 17.1. The van der Waals surface area contributed by atoms with Gasteiger partial charge < -0.3 is 15.0 Å². The maximum Gasteiger partial charge on any atom is 0.292 e. The van der Waals surface area contributed by atoms with Gasteiger partial charge in [-0.3, -0.25) is 10.1 Å². The maximum atomic E-state index is 12.8. The summed E-state index contributed by atoms with van der Waals surface area (Å²) < 4.78 is 32.7. The lowest BCUT2D eigenvalue weighted by Gasteiger charge is -2.35. The van der Waals surface area contributed by atoms with E-state index in [1.54, 1.807) is 42.5 Å². The minimum absolute atomic E-state index is 0.0204. The third-order valence-electron chi connectivity index (χ3n) is 5.71. The number of rotatable bonds is 7. The van der Waals surface area contributed by atoms with E-state index in [-0.39, 0.29) is 11.8 Å². The average molecular weight is 447 g/mol. The largest absolute Gasteiger partial charge is 0.377 e. The fourth-order valence-corrected chi connectivity index (χ4v) is 5.42. The van der Waals surface area contributed by atoms with Gasteiger partial charge in [0.15, 0.2) is 0 Å². The summed E-state index contributed by atoms with van der Waals surface area (Å²) in [5.41, 5.74) is 1.31. The zero-order valence-corrected chi connectivity index (χ0v) is 18.0. The highest BCUT2D eigenvalue weighted by Crippen LogP contribution is 2.31. The molecule has 1 atom stereocenters. The highest BCUT2D eigenvalue weighted by Gasteiger charge is 2.29. The lowest BCUT2D eigenvalue weighted by Crippen LogP contribution is -2.48. The number of hydrogen-bond donors (Lipinski definition) is 1. The van der Waals surface area contributed by atoms with Crippen molar-refractivity contribution in [1.29, 1.82) is 0 Å². The number of sulfonamides is 1. The first-order valence-electron chi connectivity index (χ1n) is 10.4. The molecule has 2 heterocycles. The third kappa shape index (κ3) is 4.81. The second-order valence-electron chi connectivity index (χ2n) is 7.68. The monoisotopic (exact) mass is 446 g/mol. The number of nitro benzene ring substituents is 1. The van der Waals surface area contributed by atoms with Crippen molar-refractivity contribution >= 4 is 27.1 Å². The fraction of sp³-hybridized carbons (Fsp3) is 0.429. The van der Waals surface area contributed by atoms with Gasteiger partial charge in [-0.15, -0.1) is 0 Å². The molecule has 2 saturated heterocycles. The molecule has 2 aromatic rings. The molecule has 31 heavy (non-hydrogen) atoms. The molecule has 0 aliphatic carbocycles. The van der Waals surface area contributed by atoms with E-state index in [1.165, 1.54) is 10.4 Å². The van der Waals surface area contributed by atoms with E-state index in [1.807, 2.05) is 0 Å². The molecule has 0 saturated carbocycles. The van der Waals surface area contributed by atoms with Crippen LogP contribution in [0.15, 0.2) is 53.4 Å². The fourth-order valence-electron chi connectivity index (χ4n) is 3.98. The van der Waals surface area contributed by atoms with E-state index in [0.29, 0.717) is 43.3 Å². The minimum Gasteiger partial charge on any atom is -0.377 e. The van der Waals surface area contributed by atoms with Crippen molar-refractivity contribution in [3.63, 3.8) is 0 Å². The highest BCUT2D eigenvalue weighted by atomic mass is 32.2. The van der Waals surface area contributed by atoms with Crippen LogP contribution in [0, 0.1) is 10.1 Å². The summed E-state index contributed by atoms with van der Waals surface area (Å²) in [6.45, 7) is 2.97. The maximum absolute atomic E-state index is 12.8. The summed E-state index contributed by atoms with van der Waals surface area (Å²) >= 11 is 0. The van der Waals surface area contributed by atoms with Crippen LogP contribution in [0.1, 0.15) is 12.8 Å². The highest BCUT2D eigenvalue weighted by molar-refractivity contribution is 7.89. The van der Waals surface area contributed by atoms with Crippen molar-refractivity contribution < 1.29 is 18.1 Å². The number of hydrogen-bond acceptors (Lipinski definition) is 7. The van der Waals surface area contributed by atoms with Gasteiger partial charge >= 0.3 is 0 Å². The molecule has 0 unspecified atom stereocenters. The third-order valence-corrected chi connectivity index (χ3v) is 7.62. The van der Waals surface area contributed by atoms with E-state index < -0.39 is 14.9 Å². The minimum atomic E-state index is -3.52. The van der Waals surface area contributed by atoms with Gasteiger partial charge in [0.1, 0.15) is 5.69 Å². The first-order chi connectivity index (χ1) is 14.9. The Hall–Kier alpha value is -2.69. The predicted molar refractivity (Wildman–Crippen MR) is 118 cm³/mol. The summed E-state index contributed by atoms with van der Waals surface area (Å²) in [6.07, 6.45) is 2.01. The number of piperazine rings is 1. The van der Waals surface area contributed by atoms with E-state index in [0.717, 1.165) is 25.1 Å². The lowest BCUT2D eigenvalue weighted by atomic mass is 10.2. The van der Waals surface area contributed by atoms with Gasteiger partial charge in [-0.1, -0.05) is 18.2 Å². The van der Waals surface area contributed by atoms with Crippen molar-refractivity contribution in [1.82, 2.24) is 4.31 Å². The number of benzene rings is 2. The molecule has 10 heteroatoms. The quantitative estimate of drug-likeness (QED) is 0.515. The van der Waals surface area contributed by atoms with Crippen molar-refractivity contribution in [3.05, 3.63) is 58.6 Å². The molecule has 2 fully saturated rings. The Morgan fingerprint density at radius 1 is 1.10 bits per heavy atom. The first-order valence-corrected chi connectivity index (χ1v) is 11.8. The lowest BCUT2D eigenvalue weighted by molar-refractivity contribution is -0.383. The summed E-state index contributed by atoms with van der Waals surface area (Å²) in [5, 5.41) is 14.6. The average Bonchev–Trinajstić information content (AvgIpc) is 3.32. The van der Waals surface area contributed by atoms with E-state index in [4.69, 9.17) is 4.74 Å². The smallest absolute Gasteiger partial charge is 0.292 e. The van der Waals surface area contributed by atoms with Crippen LogP contribution in [0.4, 0.5) is 17.1 Å². The van der Waals surface area contributed by atoms with Crippen LogP contribution in [-0.2, 0) is 14.8 Å². The molecule has 166 valence electrons. The van der Waals surface area contributed by atoms with Crippen LogP contribution in [0.5, 0.6) is 0 Å². The van der Waals surface area contributed by atoms with Gasteiger partial charge in [0.25, 0.3) is 5.69 Å². The summed E-state index contributed by atoms with van der Waals surface area (Å²) in [7, 11) is -3.52. The first kappa shape index (κ1) is 21.5. The summed E-state index contributed by atoms with van der Waals surface area (Å²) in [4.78, 5) is 13.4. The van der Waals surface area contributed by atoms with Crippen molar-refractivity contribution in [3.8, 4) is 0 Å². The molecule has 0 aromatic heterocycles. The number of ether oxygens (including phenoxy) is 1. The molecule has 2 aliphatic heterocycles. The Bertz CT molecular complexity index is 1020. The van der Waals surface area contributed by atoms with Crippen LogP contribution in [0.25, 0.3) is 0 Å². The van der Waals surface area contributed by atoms with E-state index in [2.05, 4.69) is 10.2 Å². The predicted octanol–water partition coefficient (Wildman–Crippen LogP) is 2.70. The van der Waals surface area contributed by atoms with Gasteiger partial charge in [0.2, 0.25) is 10.0 Å². The van der Waals surface area contributed by atoms with Crippen LogP contribution in [-0.4, -0.2) is 63.1 Å². The molecular formula is C21H26N4O5S. The van der Waals surface area contributed by atoms with E-state index in [9.17, 15) is 18.5 Å². The molecule has 2 aromatic carbocycles. The number of anilines is 2. The zero-order chi connectivity index (χ0) is 21.8. The van der Waals surface area contributed by atoms with Crippen molar-refractivity contribution in [2.45, 2.75) is 23.8 Å². The Labute approximate surface area is 181 Å². The van der Waals surface area contributed by atoms with Gasteiger partial charge in [-0.2, -0.15) is 4.31 Å². The van der Waals surface area contributed by atoms with Gasteiger partial charge in [-0.25, -0.2) is 8.42 Å². The normalized spacial score (nSPS) is 20.0. The van der Waals surface area contributed by atoms with Gasteiger partial charge in [0, 0.05) is 51.1 Å². The van der Waals surface area contributed by atoms with Crippen LogP contribution >= 0.6 is 0 Å². The molecule has 0 amide bonds. The van der Waals surface area contributed by atoms with Crippen molar-refractivity contribution in [2.75, 3.05) is 49.5 Å². The SMILES string of the molecule is O=[N+]([O-])c1ccc(N2CCN(S(=O)(=O)c3ccccc3)CC2)cc1NC[C@@H]1CCCO1. The van der Waals surface area contributed by atoms with Gasteiger partial charge in [-0.05, 0) is 37.1 Å². The molecule has 0 bridgehead atoms. The van der Waals surface area contributed by atoms with Gasteiger partial charge in [0.05, 0.1) is 15.9 Å². The molecule has 0 radical (unpaired) electrons. The second kappa shape index (κ2) is 9.21. The molecular weight excluding hydrogens is 420 g/mol. The molecule has 2 aliphatic rings. The number of nitrogens with zero attached hydrogens (tertiary/aromatic N) is 3. The Morgan fingerprint density at radius 3 is 2.48 bits per heavy atom. The van der Waals surface area contributed by atoms with Crippen LogP contribution < -0.4 is 10.2 Å². The number of nitrogens with one attached hydrogen (secondary N) is 1.